The van der Waals surface area contributed by atoms with E-state index in [1.807, 2.05) is 26.0 Å². The molecule has 1 aromatic heterocycles. The first-order valence-corrected chi connectivity index (χ1v) is 9.74. The van der Waals surface area contributed by atoms with Crippen molar-refractivity contribution in [1.82, 2.24) is 19.1 Å². The zero-order chi connectivity index (χ0) is 16.6. The minimum Gasteiger partial charge on any atom is -0.249 e. The maximum Gasteiger partial charge on any atom is 0.243 e. The van der Waals surface area contributed by atoms with Gasteiger partial charge >= 0.3 is 0 Å². The molecule has 1 atom stereocenters. The zero-order valence-electron chi connectivity index (χ0n) is 13.1. The first kappa shape index (κ1) is 16.6. The zero-order valence-corrected chi connectivity index (χ0v) is 15.5. The third kappa shape index (κ3) is 3.20. The maximum absolute atomic E-state index is 13.1. The van der Waals surface area contributed by atoms with Gasteiger partial charge in [0.1, 0.15) is 12.7 Å². The minimum absolute atomic E-state index is 0.0390. The average molecular weight is 399 g/mol. The molecular weight excluding hydrogens is 380 g/mol. The number of aryl methyl sites for hydroxylation is 2. The van der Waals surface area contributed by atoms with Crippen molar-refractivity contribution in [3.8, 4) is 0 Å². The standard InChI is InChI=1S/C15H19BrN4O2S/c1-11-6-13(16)7-12(2)15(11)23(21,22)19-5-3-4-14(8-19)20-10-17-9-18-20/h6-7,9-10,14H,3-5,8H2,1-2H3. The highest BCUT2D eigenvalue weighted by Crippen LogP contribution is 2.31. The van der Waals surface area contributed by atoms with Crippen LogP contribution in [0.5, 0.6) is 0 Å². The summed E-state index contributed by atoms with van der Waals surface area (Å²) in [5.41, 5.74) is 1.53. The Labute approximate surface area is 144 Å². The second kappa shape index (κ2) is 6.33. The normalized spacial score (nSPS) is 19.9. The molecule has 0 radical (unpaired) electrons. The molecule has 1 unspecified atom stereocenters. The van der Waals surface area contributed by atoms with E-state index in [2.05, 4.69) is 26.0 Å². The second-order valence-electron chi connectivity index (χ2n) is 5.90. The number of nitrogens with zero attached hydrogens (tertiary/aromatic N) is 4. The molecule has 1 fully saturated rings. The molecule has 1 aliphatic rings. The van der Waals surface area contributed by atoms with Crippen LogP contribution in [0.3, 0.4) is 0 Å². The van der Waals surface area contributed by atoms with Crippen molar-refractivity contribution >= 4 is 26.0 Å². The SMILES string of the molecule is Cc1cc(Br)cc(C)c1S(=O)(=O)N1CCCC(n2cncn2)C1. The number of hydrogen-bond acceptors (Lipinski definition) is 4. The predicted molar refractivity (Wildman–Crippen MR) is 90.7 cm³/mol. The van der Waals surface area contributed by atoms with E-state index in [0.717, 1.165) is 28.4 Å². The van der Waals surface area contributed by atoms with Crippen molar-refractivity contribution in [3.05, 3.63) is 40.4 Å². The van der Waals surface area contributed by atoms with E-state index >= 15 is 0 Å². The molecule has 6 nitrogen and oxygen atoms in total. The highest BCUT2D eigenvalue weighted by atomic mass is 79.9. The molecule has 8 heteroatoms. The summed E-state index contributed by atoms with van der Waals surface area (Å²) in [4.78, 5) is 4.38. The maximum atomic E-state index is 13.1. The van der Waals surface area contributed by atoms with Crippen LogP contribution in [0.15, 0.2) is 34.2 Å². The van der Waals surface area contributed by atoms with Crippen LogP contribution in [-0.4, -0.2) is 40.6 Å². The number of benzene rings is 1. The van der Waals surface area contributed by atoms with Crippen LogP contribution in [-0.2, 0) is 10.0 Å². The highest BCUT2D eigenvalue weighted by molar-refractivity contribution is 9.10. The molecule has 1 aliphatic heterocycles. The van der Waals surface area contributed by atoms with Gasteiger partial charge in [-0.1, -0.05) is 15.9 Å². The number of halogens is 1. The van der Waals surface area contributed by atoms with E-state index in [1.54, 1.807) is 15.3 Å². The van der Waals surface area contributed by atoms with E-state index in [9.17, 15) is 8.42 Å². The Balaban J connectivity index is 1.94. The van der Waals surface area contributed by atoms with E-state index in [-0.39, 0.29) is 6.04 Å². The topological polar surface area (TPSA) is 68.1 Å². The van der Waals surface area contributed by atoms with Crippen LogP contribution >= 0.6 is 15.9 Å². The van der Waals surface area contributed by atoms with Crippen molar-refractivity contribution in [2.45, 2.75) is 37.6 Å². The average Bonchev–Trinajstić information content (AvgIpc) is 3.00. The van der Waals surface area contributed by atoms with Gasteiger partial charge in [0.2, 0.25) is 10.0 Å². The second-order valence-corrected chi connectivity index (χ2v) is 8.69. The van der Waals surface area contributed by atoms with Crippen molar-refractivity contribution in [3.63, 3.8) is 0 Å². The Morgan fingerprint density at radius 3 is 2.57 bits per heavy atom. The van der Waals surface area contributed by atoms with Gasteiger partial charge < -0.3 is 0 Å². The minimum atomic E-state index is -3.51. The van der Waals surface area contributed by atoms with Gasteiger partial charge in [-0.05, 0) is 49.9 Å². The quantitative estimate of drug-likeness (QED) is 0.796. The van der Waals surface area contributed by atoms with E-state index < -0.39 is 10.0 Å². The van der Waals surface area contributed by atoms with Gasteiger partial charge in [0.25, 0.3) is 0 Å². The third-order valence-electron chi connectivity index (χ3n) is 4.19. The number of piperidine rings is 1. The molecular formula is C15H19BrN4O2S. The first-order valence-electron chi connectivity index (χ1n) is 7.50. The largest absolute Gasteiger partial charge is 0.249 e. The van der Waals surface area contributed by atoms with Crippen LogP contribution in [0.2, 0.25) is 0 Å². The third-order valence-corrected chi connectivity index (χ3v) is 6.82. The Morgan fingerprint density at radius 2 is 1.96 bits per heavy atom. The van der Waals surface area contributed by atoms with Crippen molar-refractivity contribution in [2.75, 3.05) is 13.1 Å². The lowest BCUT2D eigenvalue weighted by Gasteiger charge is -2.32. The smallest absolute Gasteiger partial charge is 0.243 e. The summed E-state index contributed by atoms with van der Waals surface area (Å²) in [7, 11) is -3.51. The van der Waals surface area contributed by atoms with Crippen LogP contribution in [0.4, 0.5) is 0 Å². The summed E-state index contributed by atoms with van der Waals surface area (Å²) in [5.74, 6) is 0. The Morgan fingerprint density at radius 1 is 1.26 bits per heavy atom. The number of aromatic nitrogens is 3. The molecule has 0 N–H and O–H groups in total. The van der Waals surface area contributed by atoms with E-state index in [4.69, 9.17) is 0 Å². The molecule has 0 amide bonds. The Bertz CT molecular complexity index is 782. The molecule has 2 aromatic rings. The summed E-state index contributed by atoms with van der Waals surface area (Å²) in [6.07, 6.45) is 4.86. The van der Waals surface area contributed by atoms with Gasteiger partial charge in [-0.25, -0.2) is 18.1 Å². The number of hydrogen-bond donors (Lipinski definition) is 0. The van der Waals surface area contributed by atoms with Gasteiger partial charge in [-0.15, -0.1) is 0 Å². The summed E-state index contributed by atoms with van der Waals surface area (Å²) < 4.78 is 30.5. The molecule has 0 saturated carbocycles. The molecule has 0 spiro atoms. The van der Waals surface area contributed by atoms with Crippen molar-refractivity contribution in [2.24, 2.45) is 0 Å². The van der Waals surface area contributed by atoms with Crippen LogP contribution in [0, 0.1) is 13.8 Å². The van der Waals surface area contributed by atoms with Crippen LogP contribution in [0.25, 0.3) is 0 Å². The number of rotatable bonds is 3. The molecule has 23 heavy (non-hydrogen) atoms. The van der Waals surface area contributed by atoms with Crippen LogP contribution in [0.1, 0.15) is 30.0 Å². The van der Waals surface area contributed by atoms with Gasteiger partial charge in [-0.2, -0.15) is 9.40 Å². The lowest BCUT2D eigenvalue weighted by molar-refractivity contribution is 0.253. The van der Waals surface area contributed by atoms with Crippen LogP contribution < -0.4 is 0 Å². The molecule has 0 bridgehead atoms. The van der Waals surface area contributed by atoms with Gasteiger partial charge in [0.05, 0.1) is 10.9 Å². The molecule has 0 aliphatic carbocycles. The van der Waals surface area contributed by atoms with E-state index in [0.29, 0.717) is 18.0 Å². The van der Waals surface area contributed by atoms with Gasteiger partial charge in [0, 0.05) is 17.6 Å². The predicted octanol–water partition coefficient (Wildman–Crippen LogP) is 2.68. The lowest BCUT2D eigenvalue weighted by Crippen LogP contribution is -2.41. The molecule has 124 valence electrons. The summed E-state index contributed by atoms with van der Waals surface area (Å²) in [5, 5.41) is 4.15. The molecule has 1 aromatic carbocycles. The molecule has 1 saturated heterocycles. The number of sulfonamides is 1. The Kier molecular flexibility index (Phi) is 4.57. The molecule has 2 heterocycles. The van der Waals surface area contributed by atoms with Crippen molar-refractivity contribution in [1.29, 1.82) is 0 Å². The highest BCUT2D eigenvalue weighted by Gasteiger charge is 2.33. The van der Waals surface area contributed by atoms with E-state index in [1.165, 1.54) is 6.33 Å². The monoisotopic (exact) mass is 398 g/mol. The van der Waals surface area contributed by atoms with Crippen molar-refractivity contribution < 1.29 is 8.42 Å². The Hall–Kier alpha value is -1.25. The summed E-state index contributed by atoms with van der Waals surface area (Å²) >= 11 is 3.42. The van der Waals surface area contributed by atoms with Gasteiger partial charge in [-0.3, -0.25) is 0 Å². The lowest BCUT2D eigenvalue weighted by atomic mass is 10.1. The fraction of sp³-hybridized carbons (Fsp3) is 0.467. The fourth-order valence-electron chi connectivity index (χ4n) is 3.19. The fourth-order valence-corrected chi connectivity index (χ4v) is 5.81. The summed E-state index contributed by atoms with van der Waals surface area (Å²) in [6, 6.07) is 3.73. The molecule has 3 rings (SSSR count). The summed E-state index contributed by atoms with van der Waals surface area (Å²) in [6.45, 7) is 4.65. The van der Waals surface area contributed by atoms with Gasteiger partial charge in [0.15, 0.2) is 0 Å². The first-order chi connectivity index (χ1) is 10.9.